The zero-order valence-electron chi connectivity index (χ0n) is 17.8. The molecule has 1 amide bonds. The van der Waals surface area contributed by atoms with E-state index < -0.39 is 0 Å². The van der Waals surface area contributed by atoms with Gasteiger partial charge in [-0.3, -0.25) is 4.79 Å². The zero-order chi connectivity index (χ0) is 19.4. The van der Waals surface area contributed by atoms with Gasteiger partial charge in [-0.05, 0) is 92.8 Å². The lowest BCUT2D eigenvalue weighted by Crippen LogP contribution is -2.50. The molecule has 0 bridgehead atoms. The molecule has 4 rings (SSSR count). The number of hydrogen-bond acceptors (Lipinski definition) is 2. The van der Waals surface area contributed by atoms with E-state index in [2.05, 4.69) is 32.2 Å². The van der Waals surface area contributed by atoms with Gasteiger partial charge in [-0.1, -0.05) is 32.4 Å². The van der Waals surface area contributed by atoms with Crippen molar-refractivity contribution in [1.29, 1.82) is 0 Å². The van der Waals surface area contributed by atoms with Gasteiger partial charge in [0.25, 0.3) is 0 Å². The Labute approximate surface area is 165 Å². The van der Waals surface area contributed by atoms with Crippen LogP contribution in [0.5, 0.6) is 0 Å². The molecule has 3 nitrogen and oxygen atoms in total. The van der Waals surface area contributed by atoms with Crippen molar-refractivity contribution in [2.75, 3.05) is 6.54 Å². The molecule has 8 atom stereocenters. The zero-order valence-corrected chi connectivity index (χ0v) is 17.8. The van der Waals surface area contributed by atoms with Gasteiger partial charge in [-0.25, -0.2) is 0 Å². The van der Waals surface area contributed by atoms with Crippen LogP contribution in [0.1, 0.15) is 79.1 Å². The first-order valence-electron chi connectivity index (χ1n) is 11.5. The molecule has 0 unspecified atom stereocenters. The largest absolute Gasteiger partial charge is 0.393 e. The van der Waals surface area contributed by atoms with Crippen LogP contribution in [0.15, 0.2) is 11.6 Å². The van der Waals surface area contributed by atoms with Crippen molar-refractivity contribution in [2.24, 2.45) is 40.4 Å². The van der Waals surface area contributed by atoms with Gasteiger partial charge >= 0.3 is 0 Å². The van der Waals surface area contributed by atoms with Crippen LogP contribution < -0.4 is 5.32 Å². The van der Waals surface area contributed by atoms with Crippen molar-refractivity contribution in [3.8, 4) is 0 Å². The summed E-state index contributed by atoms with van der Waals surface area (Å²) in [5, 5.41) is 13.2. The van der Waals surface area contributed by atoms with Gasteiger partial charge in [0, 0.05) is 12.5 Å². The molecule has 27 heavy (non-hydrogen) atoms. The van der Waals surface area contributed by atoms with E-state index >= 15 is 0 Å². The van der Waals surface area contributed by atoms with Crippen molar-refractivity contribution in [2.45, 2.75) is 85.2 Å². The highest BCUT2D eigenvalue weighted by molar-refractivity contribution is 5.78. The molecule has 0 spiro atoms. The van der Waals surface area contributed by atoms with Crippen molar-refractivity contribution in [1.82, 2.24) is 5.32 Å². The summed E-state index contributed by atoms with van der Waals surface area (Å²) in [5.74, 6) is 2.91. The smallest absolute Gasteiger partial charge is 0.223 e. The van der Waals surface area contributed by atoms with Crippen LogP contribution >= 0.6 is 0 Å². The van der Waals surface area contributed by atoms with Crippen LogP contribution in [0.3, 0.4) is 0 Å². The molecule has 3 heteroatoms. The summed E-state index contributed by atoms with van der Waals surface area (Å²) < 4.78 is 0. The van der Waals surface area contributed by atoms with Crippen LogP contribution in [-0.4, -0.2) is 23.7 Å². The maximum Gasteiger partial charge on any atom is 0.223 e. The second-order valence-electron chi connectivity index (χ2n) is 10.6. The molecule has 0 saturated heterocycles. The van der Waals surface area contributed by atoms with Gasteiger partial charge in [0.15, 0.2) is 0 Å². The predicted octanol–water partition coefficient (Wildman–Crippen LogP) is 4.70. The van der Waals surface area contributed by atoms with Crippen LogP contribution in [0.25, 0.3) is 0 Å². The van der Waals surface area contributed by atoms with E-state index in [0.717, 1.165) is 25.8 Å². The SMILES string of the molecule is CCNC(=O)[C@@H](C)[C@H]1CC[C@H]2C3=CC[C@H]4C[C@@H](O)CC[C@]4(C)[C@H]3CC[C@]12C. The Morgan fingerprint density at radius 3 is 2.63 bits per heavy atom. The lowest BCUT2D eigenvalue weighted by Gasteiger charge is -2.57. The Kier molecular flexibility index (Phi) is 4.98. The average molecular weight is 374 g/mol. The summed E-state index contributed by atoms with van der Waals surface area (Å²) in [4.78, 5) is 12.5. The third-order valence-electron chi connectivity index (χ3n) is 9.49. The van der Waals surface area contributed by atoms with E-state index in [1.54, 1.807) is 5.57 Å². The molecule has 4 aliphatic rings. The van der Waals surface area contributed by atoms with Gasteiger partial charge in [0.1, 0.15) is 0 Å². The van der Waals surface area contributed by atoms with Gasteiger partial charge in [0.2, 0.25) is 5.91 Å². The summed E-state index contributed by atoms with van der Waals surface area (Å²) in [5.41, 5.74) is 2.41. The van der Waals surface area contributed by atoms with Gasteiger partial charge < -0.3 is 10.4 Å². The maximum atomic E-state index is 12.5. The summed E-state index contributed by atoms with van der Waals surface area (Å²) >= 11 is 0. The number of carbonyl (C=O) groups excluding carboxylic acids is 1. The number of carbonyl (C=O) groups is 1. The van der Waals surface area contributed by atoms with Crippen LogP contribution in [0.4, 0.5) is 0 Å². The maximum absolute atomic E-state index is 12.5. The van der Waals surface area contributed by atoms with Crippen LogP contribution in [-0.2, 0) is 4.79 Å². The molecule has 0 aromatic heterocycles. The summed E-state index contributed by atoms with van der Waals surface area (Å²) in [6.07, 6.45) is 11.8. The fourth-order valence-corrected chi connectivity index (χ4v) is 7.87. The first-order chi connectivity index (χ1) is 12.8. The molecule has 0 aromatic carbocycles. The lowest BCUT2D eigenvalue weighted by molar-refractivity contribution is -0.128. The Bertz CT molecular complexity index is 628. The molecule has 0 aromatic rings. The summed E-state index contributed by atoms with van der Waals surface area (Å²) in [6.45, 7) is 9.91. The van der Waals surface area contributed by atoms with Crippen LogP contribution in [0.2, 0.25) is 0 Å². The fraction of sp³-hybridized carbons (Fsp3) is 0.875. The van der Waals surface area contributed by atoms with Crippen molar-refractivity contribution >= 4 is 5.91 Å². The van der Waals surface area contributed by atoms with E-state index in [9.17, 15) is 9.90 Å². The molecule has 0 heterocycles. The molecule has 3 fully saturated rings. The molecule has 0 radical (unpaired) electrons. The van der Waals surface area contributed by atoms with Crippen molar-refractivity contribution < 1.29 is 9.90 Å². The Morgan fingerprint density at radius 2 is 1.89 bits per heavy atom. The topological polar surface area (TPSA) is 49.3 Å². The molecule has 3 saturated carbocycles. The van der Waals surface area contributed by atoms with E-state index in [-0.39, 0.29) is 23.3 Å². The van der Waals surface area contributed by atoms with Gasteiger partial charge in [-0.2, -0.15) is 0 Å². The normalized spacial score (nSPS) is 47.3. The number of fused-ring (bicyclic) bond motifs is 5. The quantitative estimate of drug-likeness (QED) is 0.705. The van der Waals surface area contributed by atoms with E-state index in [0.29, 0.717) is 29.1 Å². The Hall–Kier alpha value is -0.830. The van der Waals surface area contributed by atoms with Crippen molar-refractivity contribution in [3.63, 3.8) is 0 Å². The minimum atomic E-state index is -0.0827. The molecule has 2 N–H and O–H groups in total. The summed E-state index contributed by atoms with van der Waals surface area (Å²) in [7, 11) is 0. The average Bonchev–Trinajstić information content (AvgIpc) is 2.99. The Morgan fingerprint density at radius 1 is 1.19 bits per heavy atom. The first kappa shape index (κ1) is 19.5. The van der Waals surface area contributed by atoms with E-state index in [1.807, 2.05) is 6.92 Å². The number of hydrogen-bond donors (Lipinski definition) is 2. The molecular formula is C24H39NO2. The second-order valence-corrected chi connectivity index (χ2v) is 10.6. The molecule has 4 aliphatic carbocycles. The highest BCUT2D eigenvalue weighted by atomic mass is 16.3. The Balaban J connectivity index is 1.59. The minimum absolute atomic E-state index is 0.0827. The number of amides is 1. The standard InChI is InChI=1S/C24H39NO2/c1-5-25-22(27)15(2)19-8-9-20-18-7-6-16-14-17(26)10-12-23(16,3)21(18)11-13-24(19,20)4/h7,15-17,19-21,26H,5-6,8-14H2,1-4H3,(H,25,27)/t15-,16-,17-,19+,20-,21-,23-,24+/m0/s1. The first-order valence-corrected chi connectivity index (χ1v) is 11.5. The number of aliphatic hydroxyl groups is 1. The van der Waals surface area contributed by atoms with E-state index in [1.165, 1.54) is 32.1 Å². The highest BCUT2D eigenvalue weighted by Gasteiger charge is 2.58. The third-order valence-corrected chi connectivity index (χ3v) is 9.49. The number of nitrogens with one attached hydrogen (secondary N) is 1. The van der Waals surface area contributed by atoms with Gasteiger partial charge in [-0.15, -0.1) is 0 Å². The third kappa shape index (κ3) is 2.91. The van der Waals surface area contributed by atoms with Crippen molar-refractivity contribution in [3.05, 3.63) is 11.6 Å². The number of allylic oxidation sites excluding steroid dienone is 2. The fourth-order valence-electron chi connectivity index (χ4n) is 7.87. The van der Waals surface area contributed by atoms with Crippen LogP contribution in [0, 0.1) is 40.4 Å². The summed E-state index contributed by atoms with van der Waals surface area (Å²) in [6, 6.07) is 0. The number of aliphatic hydroxyl groups excluding tert-OH is 1. The highest BCUT2D eigenvalue weighted by Crippen LogP contribution is 2.66. The molecular weight excluding hydrogens is 334 g/mol. The monoisotopic (exact) mass is 373 g/mol. The lowest BCUT2D eigenvalue weighted by atomic mass is 9.47. The predicted molar refractivity (Wildman–Crippen MR) is 109 cm³/mol. The van der Waals surface area contributed by atoms with E-state index in [4.69, 9.17) is 0 Å². The number of rotatable bonds is 3. The molecule has 152 valence electrons. The molecule has 0 aliphatic heterocycles. The second kappa shape index (κ2) is 6.90. The van der Waals surface area contributed by atoms with Gasteiger partial charge in [0.05, 0.1) is 6.10 Å². The minimum Gasteiger partial charge on any atom is -0.393 e.